The number of carbonyl (C=O) groups excluding carboxylic acids is 1. The maximum atomic E-state index is 13.5. The Morgan fingerprint density at radius 2 is 1.35 bits per heavy atom. The molecule has 3 rings (SSSR count). The predicted octanol–water partition coefficient (Wildman–Crippen LogP) is 11.2. The summed E-state index contributed by atoms with van der Waals surface area (Å²) in [6.07, 6.45) is 8.63. The van der Waals surface area contributed by atoms with Crippen LogP contribution in [0.2, 0.25) is 0 Å². The highest BCUT2D eigenvalue weighted by molar-refractivity contribution is 5.80. The molecule has 0 saturated heterocycles. The highest BCUT2D eigenvalue weighted by atomic mass is 19.4. The number of nitrogens with zero attached hydrogens (tertiary/aromatic N) is 1. The summed E-state index contributed by atoms with van der Waals surface area (Å²) in [5.41, 5.74) is -2.43. The van der Waals surface area contributed by atoms with E-state index in [1.807, 2.05) is 13.8 Å². The molecule has 48 heavy (non-hydrogen) atoms. The number of hydrogen-bond donors (Lipinski definition) is 0. The van der Waals surface area contributed by atoms with Crippen LogP contribution in [-0.4, -0.2) is 24.2 Å². The lowest BCUT2D eigenvalue weighted by atomic mass is 9.72. The number of rotatable bonds is 19. The van der Waals surface area contributed by atoms with Gasteiger partial charge in [0, 0.05) is 17.0 Å². The quantitative estimate of drug-likeness (QED) is 0.0931. The predicted molar refractivity (Wildman–Crippen MR) is 185 cm³/mol. The number of fused-ring (bicyclic) bond motifs is 1. The Morgan fingerprint density at radius 3 is 1.94 bits per heavy atom. The molecule has 0 aliphatic heterocycles. The molecule has 0 radical (unpaired) electrons. The van der Waals surface area contributed by atoms with E-state index < -0.39 is 22.8 Å². The van der Waals surface area contributed by atoms with Gasteiger partial charge in [0.1, 0.15) is 0 Å². The van der Waals surface area contributed by atoms with Crippen molar-refractivity contribution in [2.24, 2.45) is 16.7 Å². The number of benzene rings is 1. The van der Waals surface area contributed by atoms with Gasteiger partial charge in [-0.2, -0.15) is 18.2 Å². The van der Waals surface area contributed by atoms with E-state index in [-0.39, 0.29) is 34.1 Å². The molecule has 2 aromatic heterocycles. The van der Waals surface area contributed by atoms with Gasteiger partial charge >= 0.3 is 17.8 Å². The zero-order valence-corrected chi connectivity index (χ0v) is 29.6. The van der Waals surface area contributed by atoms with Gasteiger partial charge in [0.25, 0.3) is 0 Å². The Balaban J connectivity index is 1.24. The maximum absolute atomic E-state index is 13.5. The van der Waals surface area contributed by atoms with Gasteiger partial charge in [-0.1, -0.05) is 104 Å². The minimum Gasteiger partial charge on any atom is -0.478 e. The van der Waals surface area contributed by atoms with Crippen molar-refractivity contribution in [2.75, 3.05) is 13.2 Å². The molecule has 0 aliphatic carbocycles. The van der Waals surface area contributed by atoms with E-state index in [2.05, 4.69) is 32.7 Å². The summed E-state index contributed by atoms with van der Waals surface area (Å²) >= 11 is 0. The number of aromatic nitrogens is 1. The number of alkyl halides is 3. The molecule has 1 aromatic carbocycles. The van der Waals surface area contributed by atoms with Crippen molar-refractivity contribution in [3.05, 3.63) is 58.4 Å². The molecule has 0 spiro atoms. The third-order valence-corrected chi connectivity index (χ3v) is 9.04. The molecule has 3 aromatic rings. The molecule has 0 amide bonds. The first kappa shape index (κ1) is 39.1. The smallest absolute Gasteiger partial charge is 0.417 e. The monoisotopic (exact) mass is 673 g/mol. The van der Waals surface area contributed by atoms with E-state index in [1.54, 1.807) is 12.1 Å². The van der Waals surface area contributed by atoms with Crippen molar-refractivity contribution >= 4 is 17.1 Å². The highest BCUT2D eigenvalue weighted by Crippen LogP contribution is 2.38. The number of carbonyl (C=O) groups is 1. The molecule has 0 N–H and O–H groups in total. The second-order valence-corrected chi connectivity index (χ2v) is 14.8. The van der Waals surface area contributed by atoms with Crippen LogP contribution in [-0.2, 0) is 15.7 Å². The second-order valence-electron chi connectivity index (χ2n) is 14.8. The number of hydrogen-bond acceptors (Lipinski definition) is 6. The average Bonchev–Trinajstić information content (AvgIpc) is 3.01. The molecule has 0 saturated carbocycles. The Bertz CT molecular complexity index is 1510. The van der Waals surface area contributed by atoms with Crippen LogP contribution < -0.4 is 10.4 Å². The Labute approximate surface area is 283 Å². The number of ether oxygens (including phenoxy) is 2. The molecule has 9 heteroatoms. The lowest BCUT2D eigenvalue weighted by molar-refractivity contribution is -0.157. The van der Waals surface area contributed by atoms with Crippen molar-refractivity contribution in [3.63, 3.8) is 0 Å². The van der Waals surface area contributed by atoms with Gasteiger partial charge in [-0.25, -0.2) is 4.79 Å². The summed E-state index contributed by atoms with van der Waals surface area (Å²) in [5, 5.41) is 0.413. The fourth-order valence-corrected chi connectivity index (χ4v) is 5.91. The first-order valence-corrected chi connectivity index (χ1v) is 17.5. The molecular formula is C39H54F3NO5. The molecule has 266 valence electrons. The van der Waals surface area contributed by atoms with Crippen molar-refractivity contribution in [3.8, 4) is 17.0 Å². The van der Waals surface area contributed by atoms with E-state index >= 15 is 0 Å². The summed E-state index contributed by atoms with van der Waals surface area (Å²) in [4.78, 5) is 29.5. The Kier molecular flexibility index (Phi) is 14.5. The zero-order valence-electron chi connectivity index (χ0n) is 29.6. The number of halogens is 3. The van der Waals surface area contributed by atoms with Gasteiger partial charge in [0.15, 0.2) is 0 Å². The summed E-state index contributed by atoms with van der Waals surface area (Å²) in [6, 6.07) is 9.57. The SMILES string of the molecule is CC(CC(C)(C)C)C(C)(C)C(=O)OCCCCCCCCCCCCCOc1ccc2cc(-c3ccccc3C(F)(F)F)c(=O)oc2n1. The van der Waals surface area contributed by atoms with Crippen LogP contribution in [0, 0.1) is 16.7 Å². The molecule has 2 heterocycles. The van der Waals surface area contributed by atoms with Crippen LogP contribution >= 0.6 is 0 Å². The fourth-order valence-electron chi connectivity index (χ4n) is 5.91. The van der Waals surface area contributed by atoms with E-state index in [0.29, 0.717) is 24.5 Å². The van der Waals surface area contributed by atoms with Crippen LogP contribution in [0.1, 0.15) is 124 Å². The first-order chi connectivity index (χ1) is 22.6. The normalized spacial score (nSPS) is 13.1. The maximum Gasteiger partial charge on any atom is 0.417 e. The van der Waals surface area contributed by atoms with Crippen molar-refractivity contribution in [1.29, 1.82) is 0 Å². The molecule has 0 aliphatic rings. The van der Waals surface area contributed by atoms with Crippen molar-refractivity contribution < 1.29 is 31.9 Å². The van der Waals surface area contributed by atoms with Gasteiger partial charge in [-0.3, -0.25) is 4.79 Å². The molecule has 0 fully saturated rings. The standard InChI is InChI=1S/C39H54F3NO5/c1-28(27-37(2,3)4)38(5,6)36(45)47-25-19-15-13-11-9-7-8-10-12-14-18-24-46-33-23-22-29-26-31(35(44)48-34(29)43-33)30-20-16-17-21-32(30)39(40,41)42/h16-17,20-23,26,28H,7-15,18-19,24-25,27H2,1-6H3. The minimum atomic E-state index is -4.60. The fraction of sp³-hybridized carbons (Fsp3) is 0.615. The van der Waals surface area contributed by atoms with Crippen LogP contribution in [0.25, 0.3) is 22.2 Å². The van der Waals surface area contributed by atoms with Crippen LogP contribution in [0.5, 0.6) is 5.88 Å². The lowest BCUT2D eigenvalue weighted by Gasteiger charge is -2.34. The van der Waals surface area contributed by atoms with Crippen LogP contribution in [0.15, 0.2) is 51.7 Å². The minimum absolute atomic E-state index is 0.0231. The Morgan fingerprint density at radius 1 is 0.792 bits per heavy atom. The van der Waals surface area contributed by atoms with Gasteiger partial charge < -0.3 is 13.9 Å². The largest absolute Gasteiger partial charge is 0.478 e. The summed E-state index contributed by atoms with van der Waals surface area (Å²) in [7, 11) is 0. The first-order valence-electron chi connectivity index (χ1n) is 17.5. The van der Waals surface area contributed by atoms with E-state index in [4.69, 9.17) is 13.9 Å². The zero-order chi connectivity index (χ0) is 35.4. The van der Waals surface area contributed by atoms with Crippen molar-refractivity contribution in [1.82, 2.24) is 4.98 Å². The van der Waals surface area contributed by atoms with Crippen LogP contribution in [0.3, 0.4) is 0 Å². The lowest BCUT2D eigenvalue weighted by Crippen LogP contribution is -2.35. The van der Waals surface area contributed by atoms with Crippen molar-refractivity contribution in [2.45, 2.75) is 125 Å². The molecule has 1 atom stereocenters. The average molecular weight is 674 g/mol. The summed E-state index contributed by atoms with van der Waals surface area (Å²) < 4.78 is 57.0. The number of unbranched alkanes of at least 4 members (excludes halogenated alkanes) is 10. The van der Waals surface area contributed by atoms with Gasteiger partial charge in [-0.15, -0.1) is 0 Å². The second kappa shape index (κ2) is 17.9. The van der Waals surface area contributed by atoms with Crippen LogP contribution in [0.4, 0.5) is 13.2 Å². The third-order valence-electron chi connectivity index (χ3n) is 9.04. The van der Waals surface area contributed by atoms with Gasteiger partial charge in [-0.05, 0) is 62.6 Å². The Hall–Kier alpha value is -3.36. The van der Waals surface area contributed by atoms with E-state index in [0.717, 1.165) is 51.0 Å². The van der Waals surface area contributed by atoms with E-state index in [9.17, 15) is 22.8 Å². The third kappa shape index (κ3) is 12.3. The summed E-state index contributed by atoms with van der Waals surface area (Å²) in [5.74, 6) is 0.488. The topological polar surface area (TPSA) is 78.6 Å². The van der Waals surface area contributed by atoms with Gasteiger partial charge in [0.05, 0.1) is 29.8 Å². The molecule has 0 bridgehead atoms. The summed E-state index contributed by atoms with van der Waals surface area (Å²) in [6.45, 7) is 13.7. The molecule has 6 nitrogen and oxygen atoms in total. The molecule has 1 unspecified atom stereocenters. The van der Waals surface area contributed by atoms with Gasteiger partial charge in [0.2, 0.25) is 11.6 Å². The highest BCUT2D eigenvalue weighted by Gasteiger charge is 2.37. The molecular weight excluding hydrogens is 619 g/mol. The number of pyridine rings is 1. The number of esters is 1. The van der Waals surface area contributed by atoms with E-state index in [1.165, 1.54) is 56.4 Å².